The molecule has 0 saturated heterocycles. The van der Waals surface area contributed by atoms with Crippen LogP contribution >= 0.6 is 0 Å². The van der Waals surface area contributed by atoms with Gasteiger partial charge >= 0.3 is 11.9 Å². The van der Waals surface area contributed by atoms with Crippen LogP contribution in [0.2, 0.25) is 0 Å². The first-order valence-electron chi connectivity index (χ1n) is 4.72. The van der Waals surface area contributed by atoms with Gasteiger partial charge in [-0.15, -0.1) is 0 Å². The molecule has 0 unspecified atom stereocenters. The van der Waals surface area contributed by atoms with Crippen molar-refractivity contribution in [2.24, 2.45) is 5.73 Å². The molecule has 0 aromatic heterocycles. The fraction of sp³-hybridized carbons (Fsp3) is 0.778. The summed E-state index contributed by atoms with van der Waals surface area (Å²) in [5, 5.41) is 8.50. The molecule has 1 atom stereocenters. The van der Waals surface area contributed by atoms with Crippen molar-refractivity contribution >= 4 is 11.9 Å². The number of hydrogen-bond acceptors (Lipinski definition) is 5. The Kier molecular flexibility index (Phi) is 6.96. The normalized spacial score (nSPS) is 12.2. The number of nitrogens with two attached hydrogens (primary N) is 1. The smallest absolute Gasteiger partial charge is 0.332 e. The van der Waals surface area contributed by atoms with Gasteiger partial charge in [0.1, 0.15) is 6.04 Å². The molecule has 0 aliphatic rings. The molecule has 5 nitrogen and oxygen atoms in total. The quantitative estimate of drug-likeness (QED) is 0.359. The zero-order valence-electron chi connectivity index (χ0n) is 8.36. The van der Waals surface area contributed by atoms with Gasteiger partial charge in [-0.2, -0.15) is 0 Å². The molecular formula is C9H17NO4. The predicted octanol–water partition coefficient (Wildman–Crippen LogP) is -0.0439. The molecule has 0 radical (unpaired) electrons. The lowest BCUT2D eigenvalue weighted by molar-refractivity contribution is -0.161. The summed E-state index contributed by atoms with van der Waals surface area (Å²) in [6, 6.07) is -1.12. The Morgan fingerprint density at radius 1 is 1.43 bits per heavy atom. The van der Waals surface area contributed by atoms with Gasteiger partial charge in [-0.3, -0.25) is 4.79 Å². The summed E-state index contributed by atoms with van der Waals surface area (Å²) in [5.41, 5.74) is 5.14. The highest BCUT2D eigenvalue weighted by molar-refractivity contribution is 5.88. The molecule has 0 bridgehead atoms. The predicted molar refractivity (Wildman–Crippen MR) is 50.3 cm³/mol. The van der Waals surface area contributed by atoms with Gasteiger partial charge in [0.05, 0.1) is 6.61 Å². The average molecular weight is 203 g/mol. The number of carbonyl (C=O) groups is 2. The Morgan fingerprint density at radius 2 is 2.07 bits per heavy atom. The van der Waals surface area contributed by atoms with E-state index in [4.69, 9.17) is 10.8 Å². The summed E-state index contributed by atoms with van der Waals surface area (Å²) in [5.74, 6) is -1.44. The van der Waals surface area contributed by atoms with Gasteiger partial charge in [-0.25, -0.2) is 4.79 Å². The summed E-state index contributed by atoms with van der Waals surface area (Å²) >= 11 is 0. The van der Waals surface area contributed by atoms with Crippen molar-refractivity contribution in [2.45, 2.75) is 38.6 Å². The van der Waals surface area contributed by atoms with Crippen molar-refractivity contribution in [1.82, 2.24) is 0 Å². The maximum Gasteiger partial charge on any atom is 0.332 e. The van der Waals surface area contributed by atoms with Crippen molar-refractivity contribution < 1.29 is 19.4 Å². The van der Waals surface area contributed by atoms with Crippen molar-refractivity contribution in [3.8, 4) is 0 Å². The van der Waals surface area contributed by atoms with Crippen LogP contribution in [0.5, 0.6) is 0 Å². The minimum absolute atomic E-state index is 0.220. The molecule has 0 saturated carbocycles. The number of unbranched alkanes of at least 4 members (excludes halogenated alkanes) is 2. The molecular weight excluding hydrogens is 186 g/mol. The first-order chi connectivity index (χ1) is 6.61. The third kappa shape index (κ3) is 5.66. The van der Waals surface area contributed by atoms with E-state index in [0.717, 1.165) is 12.8 Å². The van der Waals surface area contributed by atoms with Crippen LogP contribution in [-0.4, -0.2) is 29.7 Å². The molecule has 0 amide bonds. The minimum atomic E-state index is -1.12. The Bertz CT molecular complexity index is 193. The van der Waals surface area contributed by atoms with Crippen LogP contribution in [0.25, 0.3) is 0 Å². The Balaban J connectivity index is 3.66. The maximum absolute atomic E-state index is 11.0. The summed E-state index contributed by atoms with van der Waals surface area (Å²) in [6.07, 6.45) is 2.85. The number of esters is 2. The van der Waals surface area contributed by atoms with Crippen molar-refractivity contribution in [3.05, 3.63) is 0 Å². The average Bonchev–Trinajstić information content (AvgIpc) is 2.16. The molecule has 0 rings (SSSR count). The van der Waals surface area contributed by atoms with Crippen LogP contribution in [0.4, 0.5) is 0 Å². The van der Waals surface area contributed by atoms with Crippen LogP contribution in [0.3, 0.4) is 0 Å². The van der Waals surface area contributed by atoms with Crippen LogP contribution in [0.15, 0.2) is 0 Å². The molecule has 0 heterocycles. The van der Waals surface area contributed by atoms with Crippen molar-refractivity contribution in [3.63, 3.8) is 0 Å². The van der Waals surface area contributed by atoms with Crippen LogP contribution in [-0.2, 0) is 14.3 Å². The topological polar surface area (TPSA) is 89.6 Å². The SMILES string of the molecule is CCCCCC(=O)OC(=O)[C@@H](N)CO. The zero-order valence-corrected chi connectivity index (χ0v) is 8.36. The molecule has 0 fully saturated rings. The monoisotopic (exact) mass is 203 g/mol. The molecule has 82 valence electrons. The lowest BCUT2D eigenvalue weighted by atomic mass is 10.2. The van der Waals surface area contributed by atoms with E-state index >= 15 is 0 Å². The van der Waals surface area contributed by atoms with E-state index in [1.807, 2.05) is 6.92 Å². The summed E-state index contributed by atoms with van der Waals surface area (Å²) in [7, 11) is 0. The first kappa shape index (κ1) is 13.1. The van der Waals surface area contributed by atoms with Crippen LogP contribution in [0, 0.1) is 0 Å². The lowest BCUT2D eigenvalue weighted by Gasteiger charge is -2.06. The maximum atomic E-state index is 11.0. The summed E-state index contributed by atoms with van der Waals surface area (Å²) in [4.78, 5) is 21.9. The van der Waals surface area contributed by atoms with Gasteiger partial charge in [0.25, 0.3) is 0 Å². The van der Waals surface area contributed by atoms with Gasteiger partial charge in [0.2, 0.25) is 0 Å². The molecule has 0 aliphatic carbocycles. The van der Waals surface area contributed by atoms with E-state index in [2.05, 4.69) is 4.74 Å². The largest absolute Gasteiger partial charge is 0.394 e. The highest BCUT2D eigenvalue weighted by atomic mass is 16.6. The zero-order chi connectivity index (χ0) is 11.0. The van der Waals surface area contributed by atoms with E-state index < -0.39 is 24.6 Å². The fourth-order valence-corrected chi connectivity index (χ4v) is 0.833. The third-order valence-corrected chi connectivity index (χ3v) is 1.70. The van der Waals surface area contributed by atoms with E-state index in [1.165, 1.54) is 0 Å². The van der Waals surface area contributed by atoms with Gasteiger partial charge in [0, 0.05) is 6.42 Å². The molecule has 0 spiro atoms. The number of carbonyl (C=O) groups excluding carboxylic acids is 2. The van der Waals surface area contributed by atoms with Crippen LogP contribution in [0.1, 0.15) is 32.6 Å². The van der Waals surface area contributed by atoms with Gasteiger partial charge < -0.3 is 15.6 Å². The molecule has 0 aliphatic heterocycles. The van der Waals surface area contributed by atoms with Crippen molar-refractivity contribution in [2.75, 3.05) is 6.61 Å². The summed E-state index contributed by atoms with van der Waals surface area (Å²) in [6.45, 7) is 1.50. The fourth-order valence-electron chi connectivity index (χ4n) is 0.833. The highest BCUT2D eigenvalue weighted by Crippen LogP contribution is 2.01. The molecule has 14 heavy (non-hydrogen) atoms. The third-order valence-electron chi connectivity index (χ3n) is 1.70. The molecule has 0 aromatic rings. The standard InChI is InChI=1S/C9H17NO4/c1-2-3-4-5-8(12)14-9(13)7(10)6-11/h7,11H,2-6,10H2,1H3/t7-/m0/s1. The Labute approximate surface area is 83.2 Å². The Morgan fingerprint density at radius 3 is 2.57 bits per heavy atom. The van der Waals surface area contributed by atoms with Crippen LogP contribution < -0.4 is 5.73 Å². The van der Waals surface area contributed by atoms with Gasteiger partial charge in [-0.05, 0) is 6.42 Å². The second kappa shape index (κ2) is 7.46. The van der Waals surface area contributed by atoms with E-state index in [0.29, 0.717) is 6.42 Å². The Hall–Kier alpha value is -0.940. The summed E-state index contributed by atoms with van der Waals surface area (Å²) < 4.78 is 4.39. The molecule has 5 heteroatoms. The molecule has 0 aromatic carbocycles. The van der Waals surface area contributed by atoms with Gasteiger partial charge in [-0.1, -0.05) is 19.8 Å². The number of hydrogen-bond donors (Lipinski definition) is 2. The number of rotatable bonds is 6. The van der Waals surface area contributed by atoms with Gasteiger partial charge in [0.15, 0.2) is 0 Å². The minimum Gasteiger partial charge on any atom is -0.394 e. The molecule has 3 N–H and O–H groups in total. The van der Waals surface area contributed by atoms with Crippen molar-refractivity contribution in [1.29, 1.82) is 0 Å². The number of aliphatic hydroxyl groups excluding tert-OH is 1. The lowest BCUT2D eigenvalue weighted by Crippen LogP contribution is -2.36. The second-order valence-electron chi connectivity index (χ2n) is 3.04. The van der Waals surface area contributed by atoms with E-state index in [-0.39, 0.29) is 6.42 Å². The number of aliphatic hydroxyl groups is 1. The van der Waals surface area contributed by atoms with E-state index in [1.54, 1.807) is 0 Å². The first-order valence-corrected chi connectivity index (χ1v) is 4.72. The number of ether oxygens (including phenoxy) is 1. The van der Waals surface area contributed by atoms with E-state index in [9.17, 15) is 9.59 Å². The second-order valence-corrected chi connectivity index (χ2v) is 3.04. The highest BCUT2D eigenvalue weighted by Gasteiger charge is 2.17.